The number of alkyl halides is 3. The van der Waals surface area contributed by atoms with Gasteiger partial charge in [-0.05, 0) is 12.1 Å². The first kappa shape index (κ1) is 15.7. The lowest BCUT2D eigenvalue weighted by Gasteiger charge is -2.35. The highest BCUT2D eigenvalue weighted by Gasteiger charge is 2.33. The van der Waals surface area contributed by atoms with Gasteiger partial charge in [0.25, 0.3) is 5.91 Å². The van der Waals surface area contributed by atoms with Crippen LogP contribution in [0.5, 0.6) is 0 Å². The topological polar surface area (TPSA) is 23.6 Å². The molecule has 0 aromatic heterocycles. The van der Waals surface area contributed by atoms with Crippen LogP contribution in [0.1, 0.15) is 10.4 Å². The zero-order chi connectivity index (χ0) is 15.6. The van der Waals surface area contributed by atoms with Crippen LogP contribution in [0.4, 0.5) is 22.0 Å². The molecule has 8 heteroatoms. The average molecular weight is 308 g/mol. The lowest BCUT2D eigenvalue weighted by atomic mass is 10.1. The highest BCUT2D eigenvalue weighted by atomic mass is 19.4. The zero-order valence-corrected chi connectivity index (χ0v) is 11.0. The third kappa shape index (κ3) is 4.13. The first-order valence-electron chi connectivity index (χ1n) is 6.30. The first-order chi connectivity index (χ1) is 9.76. The van der Waals surface area contributed by atoms with Gasteiger partial charge in [0.05, 0.1) is 12.1 Å². The molecular formula is C13H13F5N2O. The van der Waals surface area contributed by atoms with Crippen molar-refractivity contribution in [1.29, 1.82) is 0 Å². The van der Waals surface area contributed by atoms with E-state index in [-0.39, 0.29) is 31.7 Å². The van der Waals surface area contributed by atoms with Crippen LogP contribution in [0.25, 0.3) is 0 Å². The molecule has 0 aliphatic carbocycles. The van der Waals surface area contributed by atoms with Gasteiger partial charge in [-0.25, -0.2) is 8.78 Å². The van der Waals surface area contributed by atoms with Gasteiger partial charge in [-0.3, -0.25) is 9.69 Å². The van der Waals surface area contributed by atoms with E-state index in [4.69, 9.17) is 0 Å². The van der Waals surface area contributed by atoms with Crippen LogP contribution in [0, 0.1) is 11.6 Å². The minimum atomic E-state index is -4.28. The number of amides is 1. The van der Waals surface area contributed by atoms with E-state index in [1.807, 2.05) is 0 Å². The van der Waals surface area contributed by atoms with Crippen LogP contribution in [0.2, 0.25) is 0 Å². The molecule has 0 unspecified atom stereocenters. The predicted molar refractivity (Wildman–Crippen MR) is 64.8 cm³/mol. The van der Waals surface area contributed by atoms with Crippen LogP contribution in [0.15, 0.2) is 18.2 Å². The summed E-state index contributed by atoms with van der Waals surface area (Å²) in [6.45, 7) is -0.750. The van der Waals surface area contributed by atoms with Gasteiger partial charge in [-0.1, -0.05) is 0 Å². The second-order valence-corrected chi connectivity index (χ2v) is 4.81. The highest BCUT2D eigenvalue weighted by molar-refractivity contribution is 5.94. The van der Waals surface area contributed by atoms with E-state index in [1.54, 1.807) is 0 Å². The van der Waals surface area contributed by atoms with Crippen LogP contribution >= 0.6 is 0 Å². The Bertz CT molecular complexity index is 524. The Labute approximate surface area is 117 Å². The largest absolute Gasteiger partial charge is 0.401 e. The van der Waals surface area contributed by atoms with Gasteiger partial charge in [0.1, 0.15) is 11.6 Å². The second kappa shape index (κ2) is 5.97. The second-order valence-electron chi connectivity index (χ2n) is 4.81. The Morgan fingerprint density at radius 3 is 2.24 bits per heavy atom. The minimum Gasteiger partial charge on any atom is -0.336 e. The SMILES string of the molecule is O=C(c1ccc(F)cc1F)N1CCN(CC(F)(F)F)CC1. The van der Waals surface area contributed by atoms with E-state index < -0.39 is 30.3 Å². The molecule has 0 saturated carbocycles. The van der Waals surface area contributed by atoms with E-state index in [0.717, 1.165) is 12.1 Å². The van der Waals surface area contributed by atoms with E-state index >= 15 is 0 Å². The Balaban J connectivity index is 1.97. The van der Waals surface area contributed by atoms with Gasteiger partial charge in [0.15, 0.2) is 0 Å². The van der Waals surface area contributed by atoms with Crippen molar-refractivity contribution in [1.82, 2.24) is 9.80 Å². The smallest absolute Gasteiger partial charge is 0.336 e. The molecule has 1 aromatic carbocycles. The Hall–Kier alpha value is -1.70. The molecule has 0 spiro atoms. The summed E-state index contributed by atoms with van der Waals surface area (Å²) in [5.41, 5.74) is -0.277. The van der Waals surface area contributed by atoms with E-state index in [9.17, 15) is 26.7 Å². The number of carbonyl (C=O) groups excluding carboxylic acids is 1. The number of halogens is 5. The Morgan fingerprint density at radius 2 is 1.71 bits per heavy atom. The normalized spacial score (nSPS) is 17.1. The molecule has 0 N–H and O–H groups in total. The van der Waals surface area contributed by atoms with E-state index in [2.05, 4.69) is 0 Å². The number of rotatable bonds is 2. The van der Waals surface area contributed by atoms with Crippen LogP contribution < -0.4 is 0 Å². The third-order valence-corrected chi connectivity index (χ3v) is 3.22. The highest BCUT2D eigenvalue weighted by Crippen LogP contribution is 2.19. The van der Waals surface area contributed by atoms with Crippen molar-refractivity contribution in [2.24, 2.45) is 0 Å². The van der Waals surface area contributed by atoms with Crippen molar-refractivity contribution >= 4 is 5.91 Å². The summed E-state index contributed by atoms with van der Waals surface area (Å²) < 4.78 is 63.0. The van der Waals surface area contributed by atoms with Crippen LogP contribution in [-0.2, 0) is 0 Å². The van der Waals surface area contributed by atoms with Gasteiger partial charge in [0.2, 0.25) is 0 Å². The molecule has 0 atom stereocenters. The van der Waals surface area contributed by atoms with Gasteiger partial charge in [-0.2, -0.15) is 13.2 Å². The number of piperazine rings is 1. The summed E-state index contributed by atoms with van der Waals surface area (Å²) in [7, 11) is 0. The molecule has 116 valence electrons. The molecule has 1 saturated heterocycles. The molecule has 1 heterocycles. The summed E-state index contributed by atoms with van der Waals surface area (Å²) in [5.74, 6) is -2.41. The molecule has 1 fully saturated rings. The molecule has 0 bridgehead atoms. The lowest BCUT2D eigenvalue weighted by molar-refractivity contribution is -0.148. The van der Waals surface area contributed by atoms with E-state index in [0.29, 0.717) is 6.07 Å². The van der Waals surface area contributed by atoms with E-state index in [1.165, 1.54) is 9.80 Å². The summed E-state index contributed by atoms with van der Waals surface area (Å²) in [4.78, 5) is 14.5. The molecule has 21 heavy (non-hydrogen) atoms. The Kier molecular flexibility index (Phi) is 4.46. The summed E-state index contributed by atoms with van der Waals surface area (Å²) >= 11 is 0. The quantitative estimate of drug-likeness (QED) is 0.783. The van der Waals surface area contributed by atoms with Crippen LogP contribution in [-0.4, -0.2) is 54.6 Å². The average Bonchev–Trinajstić information content (AvgIpc) is 2.37. The zero-order valence-electron chi connectivity index (χ0n) is 11.0. The summed E-state index contributed by atoms with van der Waals surface area (Å²) in [6, 6.07) is 2.61. The number of benzene rings is 1. The predicted octanol–water partition coefficient (Wildman–Crippen LogP) is 2.28. The fourth-order valence-corrected chi connectivity index (χ4v) is 2.20. The molecule has 0 radical (unpaired) electrons. The first-order valence-corrected chi connectivity index (χ1v) is 6.30. The maximum Gasteiger partial charge on any atom is 0.401 e. The fraction of sp³-hybridized carbons (Fsp3) is 0.462. The van der Waals surface area contributed by atoms with Gasteiger partial charge in [0, 0.05) is 32.2 Å². The summed E-state index contributed by atoms with van der Waals surface area (Å²) in [6.07, 6.45) is -4.28. The van der Waals surface area contributed by atoms with Crippen molar-refractivity contribution in [3.05, 3.63) is 35.4 Å². The van der Waals surface area contributed by atoms with Gasteiger partial charge < -0.3 is 4.90 Å². The maximum atomic E-state index is 13.5. The minimum absolute atomic E-state index is 0.0636. The number of nitrogens with zero attached hydrogens (tertiary/aromatic N) is 2. The Morgan fingerprint density at radius 1 is 1.10 bits per heavy atom. The molecular weight excluding hydrogens is 295 g/mol. The monoisotopic (exact) mass is 308 g/mol. The lowest BCUT2D eigenvalue weighted by Crippen LogP contribution is -2.51. The van der Waals surface area contributed by atoms with Gasteiger partial charge >= 0.3 is 6.18 Å². The maximum absolute atomic E-state index is 13.5. The number of carbonyl (C=O) groups is 1. The van der Waals surface area contributed by atoms with Crippen LogP contribution in [0.3, 0.4) is 0 Å². The fourth-order valence-electron chi connectivity index (χ4n) is 2.20. The van der Waals surface area contributed by atoms with Crippen molar-refractivity contribution in [2.45, 2.75) is 6.18 Å². The molecule has 3 nitrogen and oxygen atoms in total. The van der Waals surface area contributed by atoms with Crippen molar-refractivity contribution in [3.8, 4) is 0 Å². The van der Waals surface area contributed by atoms with Crippen molar-refractivity contribution in [3.63, 3.8) is 0 Å². The third-order valence-electron chi connectivity index (χ3n) is 3.22. The molecule has 1 amide bonds. The molecule has 1 aliphatic heterocycles. The molecule has 1 aliphatic rings. The van der Waals surface area contributed by atoms with Gasteiger partial charge in [-0.15, -0.1) is 0 Å². The standard InChI is InChI=1S/C13H13F5N2O/c14-9-1-2-10(11(15)7-9)12(21)20-5-3-19(4-6-20)8-13(16,17)18/h1-2,7H,3-6,8H2. The van der Waals surface area contributed by atoms with Crippen molar-refractivity contribution < 1.29 is 26.7 Å². The van der Waals surface area contributed by atoms with Crippen molar-refractivity contribution in [2.75, 3.05) is 32.7 Å². The molecule has 1 aromatic rings. The number of hydrogen-bond donors (Lipinski definition) is 0. The summed E-state index contributed by atoms with van der Waals surface area (Å²) in [5, 5.41) is 0. The number of hydrogen-bond acceptors (Lipinski definition) is 2. The molecule has 2 rings (SSSR count).